The van der Waals surface area contributed by atoms with E-state index in [1.165, 1.54) is 0 Å². The van der Waals surface area contributed by atoms with Gasteiger partial charge in [0.25, 0.3) is 0 Å². The van der Waals surface area contributed by atoms with Crippen molar-refractivity contribution in [2.45, 2.75) is 69.7 Å². The number of esters is 1. The molecule has 0 aromatic heterocycles. The molecule has 3 atom stereocenters. The molecule has 2 fully saturated rings. The van der Waals surface area contributed by atoms with Crippen LogP contribution in [0.15, 0.2) is 0 Å². The molecule has 2 N–H and O–H groups in total. The molecule has 0 radical (unpaired) electrons. The number of rotatable bonds is 1. The molecule has 16 heavy (non-hydrogen) atoms. The van der Waals surface area contributed by atoms with Crippen molar-refractivity contribution in [1.82, 2.24) is 5.32 Å². The molecule has 2 bridgehead atoms. The van der Waals surface area contributed by atoms with Gasteiger partial charge in [0.2, 0.25) is 0 Å². The predicted octanol–water partition coefficient (Wildman–Crippen LogP) is 0.974. The SMILES string of the molecule is CC(C)(C)OC(=O)C12CCC(CC(O)C1)N2. The Labute approximate surface area is 96.4 Å². The number of piperidine rings is 1. The van der Waals surface area contributed by atoms with Crippen LogP contribution in [-0.4, -0.2) is 34.4 Å². The third-order valence-corrected chi connectivity index (χ3v) is 3.33. The Bertz CT molecular complexity index is 297. The first kappa shape index (κ1) is 11.9. The molecule has 0 aromatic rings. The Morgan fingerprint density at radius 1 is 1.50 bits per heavy atom. The average Bonchev–Trinajstić information content (AvgIpc) is 2.40. The van der Waals surface area contributed by atoms with Crippen molar-refractivity contribution in [2.24, 2.45) is 0 Å². The van der Waals surface area contributed by atoms with Gasteiger partial charge in [0.15, 0.2) is 0 Å². The molecular formula is C12H21NO3. The maximum atomic E-state index is 12.1. The van der Waals surface area contributed by atoms with Crippen LogP contribution in [0.5, 0.6) is 0 Å². The summed E-state index contributed by atoms with van der Waals surface area (Å²) in [6.07, 6.45) is 2.60. The summed E-state index contributed by atoms with van der Waals surface area (Å²) >= 11 is 0. The van der Waals surface area contributed by atoms with E-state index in [1.807, 2.05) is 20.8 Å². The summed E-state index contributed by atoms with van der Waals surface area (Å²) in [4.78, 5) is 12.1. The maximum Gasteiger partial charge on any atom is 0.326 e. The van der Waals surface area contributed by atoms with Crippen molar-refractivity contribution in [3.63, 3.8) is 0 Å². The summed E-state index contributed by atoms with van der Waals surface area (Å²) in [5.41, 5.74) is -1.09. The molecule has 2 rings (SSSR count). The van der Waals surface area contributed by atoms with Gasteiger partial charge in [0, 0.05) is 12.5 Å². The smallest absolute Gasteiger partial charge is 0.326 e. The molecule has 4 heteroatoms. The topological polar surface area (TPSA) is 58.6 Å². The fourth-order valence-corrected chi connectivity index (χ4v) is 2.73. The molecule has 0 aliphatic carbocycles. The lowest BCUT2D eigenvalue weighted by Gasteiger charge is -2.37. The molecule has 2 heterocycles. The molecule has 0 spiro atoms. The van der Waals surface area contributed by atoms with E-state index < -0.39 is 11.1 Å². The number of carbonyl (C=O) groups excluding carboxylic acids is 1. The van der Waals surface area contributed by atoms with Crippen LogP contribution in [0.3, 0.4) is 0 Å². The minimum absolute atomic E-state index is 0.207. The number of carbonyl (C=O) groups is 1. The van der Waals surface area contributed by atoms with E-state index >= 15 is 0 Å². The zero-order valence-electron chi connectivity index (χ0n) is 10.2. The van der Waals surface area contributed by atoms with Gasteiger partial charge in [-0.2, -0.15) is 0 Å². The highest BCUT2D eigenvalue weighted by molar-refractivity contribution is 5.82. The van der Waals surface area contributed by atoms with Crippen LogP contribution in [0.4, 0.5) is 0 Å². The standard InChI is InChI=1S/C12H21NO3/c1-11(2,3)16-10(15)12-5-4-8(13-12)6-9(14)7-12/h8-9,13-14H,4-7H2,1-3H3. The number of aliphatic hydroxyl groups is 1. The monoisotopic (exact) mass is 227 g/mol. The van der Waals surface area contributed by atoms with Crippen molar-refractivity contribution in [3.05, 3.63) is 0 Å². The summed E-state index contributed by atoms with van der Waals surface area (Å²) in [5, 5.41) is 13.1. The Morgan fingerprint density at radius 2 is 2.19 bits per heavy atom. The Balaban J connectivity index is 2.10. The van der Waals surface area contributed by atoms with Crippen LogP contribution in [0, 0.1) is 0 Å². The fourth-order valence-electron chi connectivity index (χ4n) is 2.73. The normalized spacial score (nSPS) is 38.5. The van der Waals surface area contributed by atoms with Gasteiger partial charge in [-0.25, -0.2) is 0 Å². The number of hydrogen-bond donors (Lipinski definition) is 2. The van der Waals surface area contributed by atoms with Crippen LogP contribution in [0.2, 0.25) is 0 Å². The third-order valence-electron chi connectivity index (χ3n) is 3.33. The van der Waals surface area contributed by atoms with E-state index in [9.17, 15) is 9.90 Å². The van der Waals surface area contributed by atoms with Crippen molar-refractivity contribution >= 4 is 5.97 Å². The summed E-state index contributed by atoms with van der Waals surface area (Å²) in [6.45, 7) is 5.60. The molecule has 2 aliphatic heterocycles. The second-order valence-electron chi connectivity index (χ2n) is 6.06. The van der Waals surface area contributed by atoms with Gasteiger partial charge < -0.3 is 9.84 Å². The number of hydrogen-bond acceptors (Lipinski definition) is 4. The lowest BCUT2D eigenvalue weighted by Crippen LogP contribution is -2.57. The number of fused-ring (bicyclic) bond motifs is 2. The van der Waals surface area contributed by atoms with E-state index in [0.717, 1.165) is 19.3 Å². The van der Waals surface area contributed by atoms with Gasteiger partial charge in [-0.1, -0.05) is 0 Å². The average molecular weight is 227 g/mol. The molecule has 4 nitrogen and oxygen atoms in total. The second kappa shape index (κ2) is 3.70. The van der Waals surface area contributed by atoms with Crippen LogP contribution in [0.25, 0.3) is 0 Å². The number of ether oxygens (including phenoxy) is 1. The van der Waals surface area contributed by atoms with Gasteiger partial charge in [-0.05, 0) is 40.0 Å². The summed E-state index contributed by atoms with van der Waals surface area (Å²) in [7, 11) is 0. The van der Waals surface area contributed by atoms with E-state index in [4.69, 9.17) is 4.74 Å². The first-order chi connectivity index (χ1) is 7.31. The Hall–Kier alpha value is -0.610. The number of nitrogens with one attached hydrogen (secondary N) is 1. The van der Waals surface area contributed by atoms with E-state index in [0.29, 0.717) is 6.42 Å². The van der Waals surface area contributed by atoms with Gasteiger partial charge in [-0.3, -0.25) is 10.1 Å². The van der Waals surface area contributed by atoms with Crippen LogP contribution in [0.1, 0.15) is 46.5 Å². The van der Waals surface area contributed by atoms with Gasteiger partial charge >= 0.3 is 5.97 Å². The first-order valence-corrected chi connectivity index (χ1v) is 6.00. The third kappa shape index (κ3) is 2.23. The van der Waals surface area contributed by atoms with Gasteiger partial charge in [-0.15, -0.1) is 0 Å². The molecular weight excluding hydrogens is 206 g/mol. The highest BCUT2D eigenvalue weighted by Gasteiger charge is 2.51. The quantitative estimate of drug-likeness (QED) is 0.655. The minimum Gasteiger partial charge on any atom is -0.459 e. The molecule has 0 amide bonds. The van der Waals surface area contributed by atoms with E-state index in [-0.39, 0.29) is 18.1 Å². The highest BCUT2D eigenvalue weighted by Crippen LogP contribution is 2.37. The molecule has 3 unspecified atom stereocenters. The van der Waals surface area contributed by atoms with Crippen molar-refractivity contribution < 1.29 is 14.6 Å². The minimum atomic E-state index is -0.629. The largest absolute Gasteiger partial charge is 0.459 e. The Morgan fingerprint density at radius 3 is 2.81 bits per heavy atom. The highest BCUT2D eigenvalue weighted by atomic mass is 16.6. The molecule has 0 aromatic carbocycles. The molecule has 92 valence electrons. The second-order valence-corrected chi connectivity index (χ2v) is 6.06. The first-order valence-electron chi connectivity index (χ1n) is 6.00. The zero-order valence-corrected chi connectivity index (χ0v) is 10.2. The van der Waals surface area contributed by atoms with Gasteiger partial charge in [0.05, 0.1) is 6.10 Å². The van der Waals surface area contributed by atoms with Crippen molar-refractivity contribution in [2.75, 3.05) is 0 Å². The lowest BCUT2D eigenvalue weighted by molar-refractivity contribution is -0.165. The summed E-state index contributed by atoms with van der Waals surface area (Å²) in [5.74, 6) is -0.207. The van der Waals surface area contributed by atoms with Crippen molar-refractivity contribution in [1.29, 1.82) is 0 Å². The van der Waals surface area contributed by atoms with Crippen LogP contribution >= 0.6 is 0 Å². The summed E-state index contributed by atoms with van der Waals surface area (Å²) in [6, 6.07) is 0.274. The predicted molar refractivity (Wildman–Crippen MR) is 60.0 cm³/mol. The van der Waals surface area contributed by atoms with Crippen LogP contribution in [-0.2, 0) is 9.53 Å². The lowest BCUT2D eigenvalue weighted by atomic mass is 9.88. The molecule has 2 saturated heterocycles. The van der Waals surface area contributed by atoms with E-state index in [1.54, 1.807) is 0 Å². The van der Waals surface area contributed by atoms with E-state index in [2.05, 4.69) is 5.32 Å². The molecule has 0 saturated carbocycles. The van der Waals surface area contributed by atoms with Gasteiger partial charge in [0.1, 0.15) is 11.1 Å². The Kier molecular flexibility index (Phi) is 2.75. The molecule has 2 aliphatic rings. The number of aliphatic hydroxyl groups excluding tert-OH is 1. The maximum absolute atomic E-state index is 12.1. The zero-order chi connectivity index (χ0) is 12.0. The van der Waals surface area contributed by atoms with Crippen LogP contribution < -0.4 is 5.32 Å². The van der Waals surface area contributed by atoms with Crippen molar-refractivity contribution in [3.8, 4) is 0 Å². The fraction of sp³-hybridized carbons (Fsp3) is 0.917. The summed E-state index contributed by atoms with van der Waals surface area (Å²) < 4.78 is 5.43.